The second-order valence-corrected chi connectivity index (χ2v) is 5.59. The number of pyridine rings is 1. The summed E-state index contributed by atoms with van der Waals surface area (Å²) in [7, 11) is 0. The van der Waals surface area contributed by atoms with Crippen molar-refractivity contribution in [3.8, 4) is 0 Å². The molecule has 0 atom stereocenters. The molecule has 3 aromatic rings. The van der Waals surface area contributed by atoms with E-state index in [1.165, 1.54) is 0 Å². The van der Waals surface area contributed by atoms with E-state index in [0.29, 0.717) is 5.56 Å². The van der Waals surface area contributed by atoms with Crippen molar-refractivity contribution in [1.29, 1.82) is 0 Å². The molecule has 0 aliphatic heterocycles. The fraction of sp³-hybridized carbons (Fsp3) is 0.0588. The van der Waals surface area contributed by atoms with Crippen LogP contribution in [0.25, 0.3) is 10.8 Å². The van der Waals surface area contributed by atoms with Crippen LogP contribution in [0.5, 0.6) is 0 Å². The van der Waals surface area contributed by atoms with E-state index in [4.69, 9.17) is 0 Å². The quantitative estimate of drug-likeness (QED) is 0.743. The van der Waals surface area contributed by atoms with Crippen LogP contribution in [0, 0.1) is 6.92 Å². The molecule has 104 valence electrons. The van der Waals surface area contributed by atoms with Crippen molar-refractivity contribution in [1.82, 2.24) is 4.98 Å². The second kappa shape index (κ2) is 5.66. The molecule has 0 aliphatic rings. The highest BCUT2D eigenvalue weighted by Crippen LogP contribution is 2.30. The van der Waals surface area contributed by atoms with Crippen molar-refractivity contribution in [2.75, 3.05) is 5.32 Å². The Morgan fingerprint density at radius 2 is 1.81 bits per heavy atom. The van der Waals surface area contributed by atoms with Crippen LogP contribution in [-0.4, -0.2) is 10.9 Å². The zero-order chi connectivity index (χ0) is 14.8. The molecule has 21 heavy (non-hydrogen) atoms. The molecule has 1 heterocycles. The number of aryl methyl sites for hydroxylation is 1. The number of halogens is 1. The number of nitrogens with one attached hydrogen (secondary N) is 1. The standard InChI is InChI=1S/C17H13BrN2O/c1-11-12(7-4-10-19-11)17(21)20-16-9-8-15(18)13-5-2-3-6-14(13)16/h2-10H,1H3,(H,20,21). The van der Waals surface area contributed by atoms with Crippen LogP contribution in [0.1, 0.15) is 16.1 Å². The van der Waals surface area contributed by atoms with Gasteiger partial charge in [-0.1, -0.05) is 40.2 Å². The molecule has 4 heteroatoms. The van der Waals surface area contributed by atoms with Crippen LogP contribution < -0.4 is 5.32 Å². The highest BCUT2D eigenvalue weighted by Gasteiger charge is 2.11. The summed E-state index contributed by atoms with van der Waals surface area (Å²) in [6.07, 6.45) is 1.68. The van der Waals surface area contributed by atoms with Crippen LogP contribution in [0.4, 0.5) is 5.69 Å². The maximum atomic E-state index is 12.4. The molecule has 0 saturated heterocycles. The van der Waals surface area contributed by atoms with Gasteiger partial charge in [-0.25, -0.2) is 0 Å². The Bertz CT molecular complexity index is 830. The van der Waals surface area contributed by atoms with E-state index in [1.54, 1.807) is 18.3 Å². The number of hydrogen-bond donors (Lipinski definition) is 1. The number of benzene rings is 2. The van der Waals surface area contributed by atoms with Crippen LogP contribution in [-0.2, 0) is 0 Å². The van der Waals surface area contributed by atoms with Gasteiger partial charge in [0.05, 0.1) is 5.56 Å². The molecule has 0 saturated carbocycles. The zero-order valence-corrected chi connectivity index (χ0v) is 13.0. The van der Waals surface area contributed by atoms with Crippen molar-refractivity contribution in [2.45, 2.75) is 6.92 Å². The van der Waals surface area contributed by atoms with E-state index in [-0.39, 0.29) is 5.91 Å². The first kappa shape index (κ1) is 13.8. The molecule has 0 aliphatic carbocycles. The fourth-order valence-corrected chi connectivity index (χ4v) is 2.76. The molecule has 2 aromatic carbocycles. The van der Waals surface area contributed by atoms with Crippen LogP contribution in [0.3, 0.4) is 0 Å². The molecule has 3 rings (SSSR count). The lowest BCUT2D eigenvalue weighted by Crippen LogP contribution is -2.14. The molecule has 3 nitrogen and oxygen atoms in total. The maximum absolute atomic E-state index is 12.4. The minimum Gasteiger partial charge on any atom is -0.321 e. The van der Waals surface area contributed by atoms with Gasteiger partial charge in [-0.05, 0) is 36.6 Å². The smallest absolute Gasteiger partial charge is 0.257 e. The summed E-state index contributed by atoms with van der Waals surface area (Å²) in [5, 5.41) is 5.04. The lowest BCUT2D eigenvalue weighted by Gasteiger charge is -2.11. The Morgan fingerprint density at radius 1 is 1.05 bits per heavy atom. The topological polar surface area (TPSA) is 42.0 Å². The van der Waals surface area contributed by atoms with Gasteiger partial charge in [-0.15, -0.1) is 0 Å². The zero-order valence-electron chi connectivity index (χ0n) is 11.4. The Labute approximate surface area is 131 Å². The van der Waals surface area contributed by atoms with Crippen LogP contribution in [0.15, 0.2) is 59.2 Å². The van der Waals surface area contributed by atoms with Gasteiger partial charge in [0.1, 0.15) is 0 Å². The maximum Gasteiger partial charge on any atom is 0.257 e. The number of fused-ring (bicyclic) bond motifs is 1. The number of aromatic nitrogens is 1. The lowest BCUT2D eigenvalue weighted by atomic mass is 10.1. The monoisotopic (exact) mass is 340 g/mol. The minimum absolute atomic E-state index is 0.145. The van der Waals surface area contributed by atoms with Gasteiger partial charge in [0.2, 0.25) is 0 Å². The second-order valence-electron chi connectivity index (χ2n) is 4.73. The molecule has 1 N–H and O–H groups in total. The Kier molecular flexibility index (Phi) is 3.71. The van der Waals surface area contributed by atoms with Gasteiger partial charge in [-0.3, -0.25) is 9.78 Å². The Balaban J connectivity index is 2.01. The van der Waals surface area contributed by atoms with Crippen molar-refractivity contribution in [2.24, 2.45) is 0 Å². The van der Waals surface area contributed by atoms with Crippen LogP contribution >= 0.6 is 15.9 Å². The summed E-state index contributed by atoms with van der Waals surface area (Å²) in [5.74, 6) is -0.145. The predicted molar refractivity (Wildman–Crippen MR) is 88.6 cm³/mol. The van der Waals surface area contributed by atoms with Gasteiger partial charge >= 0.3 is 0 Å². The van der Waals surface area contributed by atoms with Crippen LogP contribution in [0.2, 0.25) is 0 Å². The third-order valence-corrected chi connectivity index (χ3v) is 4.06. The average Bonchev–Trinajstić information content (AvgIpc) is 2.51. The first-order valence-electron chi connectivity index (χ1n) is 6.57. The van der Waals surface area contributed by atoms with Crippen molar-refractivity contribution < 1.29 is 4.79 Å². The number of carbonyl (C=O) groups is 1. The molecule has 1 aromatic heterocycles. The predicted octanol–water partition coefficient (Wildman–Crippen LogP) is 4.56. The number of hydrogen-bond acceptors (Lipinski definition) is 2. The van der Waals surface area contributed by atoms with Gasteiger partial charge in [0.15, 0.2) is 0 Å². The molecule has 0 bridgehead atoms. The number of nitrogens with zero attached hydrogens (tertiary/aromatic N) is 1. The molecule has 0 radical (unpaired) electrons. The van der Waals surface area contributed by atoms with Crippen molar-refractivity contribution in [3.63, 3.8) is 0 Å². The summed E-state index contributed by atoms with van der Waals surface area (Å²) in [5.41, 5.74) is 2.10. The molecule has 1 amide bonds. The van der Waals surface area contributed by atoms with Gasteiger partial charge in [0.25, 0.3) is 5.91 Å². The summed E-state index contributed by atoms with van der Waals surface area (Å²) in [4.78, 5) is 16.6. The first-order chi connectivity index (χ1) is 10.2. The van der Waals surface area contributed by atoms with E-state index in [9.17, 15) is 4.79 Å². The van der Waals surface area contributed by atoms with E-state index in [0.717, 1.165) is 26.6 Å². The number of amides is 1. The largest absolute Gasteiger partial charge is 0.321 e. The molecule has 0 unspecified atom stereocenters. The highest BCUT2D eigenvalue weighted by molar-refractivity contribution is 9.10. The van der Waals surface area contributed by atoms with Gasteiger partial charge in [-0.2, -0.15) is 0 Å². The SMILES string of the molecule is Cc1ncccc1C(=O)Nc1ccc(Br)c2ccccc12. The van der Waals surface area contributed by atoms with Crippen molar-refractivity contribution >= 4 is 38.3 Å². The van der Waals surface area contributed by atoms with E-state index >= 15 is 0 Å². The number of carbonyl (C=O) groups excluding carboxylic acids is 1. The first-order valence-corrected chi connectivity index (χ1v) is 7.36. The summed E-state index contributed by atoms with van der Waals surface area (Å²) in [6, 6.07) is 15.3. The average molecular weight is 341 g/mol. The van der Waals surface area contributed by atoms with Crippen molar-refractivity contribution in [3.05, 3.63) is 70.5 Å². The summed E-state index contributed by atoms with van der Waals surface area (Å²) < 4.78 is 1.01. The van der Waals surface area contributed by atoms with E-state index < -0.39 is 0 Å². The fourth-order valence-electron chi connectivity index (χ4n) is 2.29. The third kappa shape index (κ3) is 2.67. The minimum atomic E-state index is -0.145. The number of anilines is 1. The molecule has 0 fully saturated rings. The van der Waals surface area contributed by atoms with Gasteiger partial charge in [0, 0.05) is 27.4 Å². The summed E-state index contributed by atoms with van der Waals surface area (Å²) >= 11 is 3.53. The Hall–Kier alpha value is -2.20. The molecule has 0 spiro atoms. The normalized spacial score (nSPS) is 10.6. The number of rotatable bonds is 2. The van der Waals surface area contributed by atoms with E-state index in [2.05, 4.69) is 26.2 Å². The highest BCUT2D eigenvalue weighted by atomic mass is 79.9. The van der Waals surface area contributed by atoms with E-state index in [1.807, 2.05) is 43.3 Å². The molecular formula is C17H13BrN2O. The third-order valence-electron chi connectivity index (χ3n) is 3.37. The lowest BCUT2D eigenvalue weighted by molar-refractivity contribution is 0.102. The molecular weight excluding hydrogens is 328 g/mol. The Morgan fingerprint density at radius 3 is 2.57 bits per heavy atom. The van der Waals surface area contributed by atoms with Gasteiger partial charge < -0.3 is 5.32 Å². The summed E-state index contributed by atoms with van der Waals surface area (Å²) in [6.45, 7) is 1.83.